The Hall–Kier alpha value is -3.52. The number of nitrogens with zero attached hydrogens (tertiary/aromatic N) is 1. The number of hydrogen-bond acceptors (Lipinski definition) is 4. The molecule has 0 spiro atoms. The maximum Gasteiger partial charge on any atom is 0.266 e. The number of amides is 1. The summed E-state index contributed by atoms with van der Waals surface area (Å²) in [4.78, 5) is 12.5. The van der Waals surface area contributed by atoms with Gasteiger partial charge in [-0.1, -0.05) is 31.2 Å². The molecule has 0 saturated carbocycles. The molecule has 29 heavy (non-hydrogen) atoms. The lowest BCUT2D eigenvalue weighted by Gasteiger charge is -2.16. The van der Waals surface area contributed by atoms with Crippen LogP contribution in [0.2, 0.25) is 0 Å². The molecule has 2 aromatic rings. The number of nitrogens with one attached hydrogen (secondary N) is 1. The van der Waals surface area contributed by atoms with Crippen LogP contribution in [0.3, 0.4) is 0 Å². The zero-order valence-electron chi connectivity index (χ0n) is 16.9. The monoisotopic (exact) mass is 390 g/mol. The van der Waals surface area contributed by atoms with Crippen molar-refractivity contribution in [2.24, 2.45) is 0 Å². The third-order valence-corrected chi connectivity index (χ3v) is 3.98. The minimum atomic E-state index is -0.465. The lowest BCUT2D eigenvalue weighted by molar-refractivity contribution is -0.112. The van der Waals surface area contributed by atoms with Gasteiger partial charge in [0.1, 0.15) is 11.6 Å². The molecular weight excluding hydrogens is 364 g/mol. The summed E-state index contributed by atoms with van der Waals surface area (Å²) >= 11 is 0. The standard InChI is InChI=1S/C24H26N2O3/c1-4-10-19-14-18(16-22(28-6-3)23(19)29-13-5-2)15-20(17-25)24(27)26-21-11-8-7-9-12-21/h4,7-9,11-12,14-16H,1,5-6,10,13H2,2-3H3,(H,26,27)/b20-15+. The van der Waals surface area contributed by atoms with Gasteiger partial charge in [0.25, 0.3) is 5.91 Å². The van der Waals surface area contributed by atoms with E-state index in [1.165, 1.54) is 0 Å². The van der Waals surface area contributed by atoms with Gasteiger partial charge in [-0.2, -0.15) is 5.26 Å². The van der Waals surface area contributed by atoms with Gasteiger partial charge in [-0.3, -0.25) is 4.79 Å². The van der Waals surface area contributed by atoms with Crippen LogP contribution in [0.15, 0.2) is 60.7 Å². The highest BCUT2D eigenvalue weighted by Crippen LogP contribution is 2.35. The molecule has 1 N–H and O–H groups in total. The number of carbonyl (C=O) groups is 1. The number of rotatable bonds is 10. The van der Waals surface area contributed by atoms with Crippen LogP contribution in [0.5, 0.6) is 11.5 Å². The van der Waals surface area contributed by atoms with Crippen molar-refractivity contribution in [2.75, 3.05) is 18.5 Å². The van der Waals surface area contributed by atoms with Gasteiger partial charge in [-0.25, -0.2) is 0 Å². The molecular formula is C24H26N2O3. The molecule has 1 amide bonds. The van der Waals surface area contributed by atoms with Crippen LogP contribution >= 0.6 is 0 Å². The maximum atomic E-state index is 12.5. The average Bonchev–Trinajstić information content (AvgIpc) is 2.72. The molecule has 0 aliphatic rings. The van der Waals surface area contributed by atoms with Crippen LogP contribution in [-0.2, 0) is 11.2 Å². The van der Waals surface area contributed by atoms with E-state index in [0.29, 0.717) is 42.4 Å². The SMILES string of the molecule is C=CCc1cc(/C=C(\C#N)C(=O)Nc2ccccc2)cc(OCC)c1OCCC. The van der Waals surface area contributed by atoms with E-state index in [2.05, 4.69) is 11.9 Å². The van der Waals surface area contributed by atoms with Crippen molar-refractivity contribution in [1.82, 2.24) is 0 Å². The molecule has 0 saturated heterocycles. The molecule has 2 aromatic carbocycles. The van der Waals surface area contributed by atoms with Crippen LogP contribution in [0.4, 0.5) is 5.69 Å². The van der Waals surface area contributed by atoms with Crippen molar-refractivity contribution >= 4 is 17.7 Å². The lowest BCUT2D eigenvalue weighted by Crippen LogP contribution is -2.13. The second-order valence-corrected chi connectivity index (χ2v) is 6.27. The molecule has 0 fully saturated rings. The zero-order chi connectivity index (χ0) is 21.1. The van der Waals surface area contributed by atoms with Gasteiger partial charge in [0.15, 0.2) is 11.5 Å². The van der Waals surface area contributed by atoms with Crippen molar-refractivity contribution in [1.29, 1.82) is 5.26 Å². The number of allylic oxidation sites excluding steroid dienone is 1. The lowest BCUT2D eigenvalue weighted by atomic mass is 10.0. The van der Waals surface area contributed by atoms with Gasteiger partial charge in [0.2, 0.25) is 0 Å². The Morgan fingerprint density at radius 2 is 1.97 bits per heavy atom. The molecule has 150 valence electrons. The van der Waals surface area contributed by atoms with E-state index in [1.54, 1.807) is 30.4 Å². The van der Waals surface area contributed by atoms with Crippen LogP contribution in [-0.4, -0.2) is 19.1 Å². The Balaban J connectivity index is 2.41. The van der Waals surface area contributed by atoms with E-state index in [4.69, 9.17) is 9.47 Å². The molecule has 5 heteroatoms. The average molecular weight is 390 g/mol. The number of hydrogen-bond donors (Lipinski definition) is 1. The highest BCUT2D eigenvalue weighted by atomic mass is 16.5. The fraction of sp³-hybridized carbons (Fsp3) is 0.250. The van der Waals surface area contributed by atoms with E-state index < -0.39 is 5.91 Å². The summed E-state index contributed by atoms with van der Waals surface area (Å²) in [7, 11) is 0. The number of para-hydroxylation sites is 1. The van der Waals surface area contributed by atoms with E-state index in [-0.39, 0.29) is 5.57 Å². The number of nitriles is 1. The molecule has 2 rings (SSSR count). The van der Waals surface area contributed by atoms with Crippen molar-refractivity contribution in [3.63, 3.8) is 0 Å². The Morgan fingerprint density at radius 1 is 1.21 bits per heavy atom. The molecule has 0 aromatic heterocycles. The molecule has 0 bridgehead atoms. The van der Waals surface area contributed by atoms with E-state index >= 15 is 0 Å². The second kappa shape index (κ2) is 11.4. The molecule has 0 aliphatic carbocycles. The summed E-state index contributed by atoms with van der Waals surface area (Å²) in [6.45, 7) is 8.79. The topological polar surface area (TPSA) is 71.4 Å². The summed E-state index contributed by atoms with van der Waals surface area (Å²) in [6.07, 6.45) is 4.79. The first-order valence-electron chi connectivity index (χ1n) is 9.64. The van der Waals surface area contributed by atoms with Gasteiger partial charge in [-0.15, -0.1) is 6.58 Å². The van der Waals surface area contributed by atoms with Gasteiger partial charge in [-0.05, 0) is 55.7 Å². The summed E-state index contributed by atoms with van der Waals surface area (Å²) in [5.74, 6) is 0.804. The third-order valence-electron chi connectivity index (χ3n) is 3.98. The van der Waals surface area contributed by atoms with Crippen molar-refractivity contribution in [3.05, 3.63) is 71.8 Å². The molecule has 0 heterocycles. The first-order chi connectivity index (χ1) is 14.1. The first kappa shape index (κ1) is 21.8. The second-order valence-electron chi connectivity index (χ2n) is 6.27. The predicted octanol–water partition coefficient (Wildman–Crippen LogP) is 5.15. The quantitative estimate of drug-likeness (QED) is 0.346. The molecule has 0 atom stereocenters. The normalized spacial score (nSPS) is 10.7. The van der Waals surface area contributed by atoms with E-state index in [9.17, 15) is 10.1 Å². The third kappa shape index (κ3) is 6.25. The Labute approximate surface area is 172 Å². The highest BCUT2D eigenvalue weighted by Gasteiger charge is 2.15. The number of benzene rings is 2. The summed E-state index contributed by atoms with van der Waals surface area (Å²) < 4.78 is 11.7. The smallest absolute Gasteiger partial charge is 0.266 e. The number of anilines is 1. The summed E-state index contributed by atoms with van der Waals surface area (Å²) in [6, 6.07) is 14.7. The Morgan fingerprint density at radius 3 is 2.59 bits per heavy atom. The van der Waals surface area contributed by atoms with Crippen LogP contribution in [0, 0.1) is 11.3 Å². The fourth-order valence-electron chi connectivity index (χ4n) is 2.74. The van der Waals surface area contributed by atoms with E-state index in [0.717, 1.165) is 12.0 Å². The zero-order valence-corrected chi connectivity index (χ0v) is 16.9. The van der Waals surface area contributed by atoms with Gasteiger partial charge < -0.3 is 14.8 Å². The van der Waals surface area contributed by atoms with Gasteiger partial charge >= 0.3 is 0 Å². The van der Waals surface area contributed by atoms with E-state index in [1.807, 2.05) is 44.2 Å². The van der Waals surface area contributed by atoms with Gasteiger partial charge in [0, 0.05) is 11.3 Å². The molecule has 5 nitrogen and oxygen atoms in total. The first-order valence-corrected chi connectivity index (χ1v) is 9.64. The molecule has 0 radical (unpaired) electrons. The highest BCUT2D eigenvalue weighted by molar-refractivity contribution is 6.09. The van der Waals surface area contributed by atoms with Crippen molar-refractivity contribution in [3.8, 4) is 17.6 Å². The van der Waals surface area contributed by atoms with Crippen molar-refractivity contribution < 1.29 is 14.3 Å². The number of ether oxygens (including phenoxy) is 2. The minimum absolute atomic E-state index is 0.00285. The van der Waals surface area contributed by atoms with Gasteiger partial charge in [0.05, 0.1) is 13.2 Å². The summed E-state index contributed by atoms with van der Waals surface area (Å²) in [5, 5.41) is 12.2. The van der Waals surface area contributed by atoms with Crippen LogP contribution in [0.25, 0.3) is 6.08 Å². The number of carbonyl (C=O) groups excluding carboxylic acids is 1. The molecule has 0 unspecified atom stereocenters. The largest absolute Gasteiger partial charge is 0.490 e. The maximum absolute atomic E-state index is 12.5. The van der Waals surface area contributed by atoms with Crippen molar-refractivity contribution in [2.45, 2.75) is 26.7 Å². The Kier molecular flexibility index (Phi) is 8.52. The summed E-state index contributed by atoms with van der Waals surface area (Å²) in [5.41, 5.74) is 2.22. The Bertz CT molecular complexity index is 912. The predicted molar refractivity (Wildman–Crippen MR) is 116 cm³/mol. The molecule has 0 aliphatic heterocycles. The van der Waals surface area contributed by atoms with Crippen LogP contribution in [0.1, 0.15) is 31.4 Å². The fourth-order valence-corrected chi connectivity index (χ4v) is 2.74. The van der Waals surface area contributed by atoms with Crippen LogP contribution < -0.4 is 14.8 Å². The minimum Gasteiger partial charge on any atom is -0.490 e.